The molecular weight excluding hydrogens is 488 g/mol. The van der Waals surface area contributed by atoms with Gasteiger partial charge >= 0.3 is 0 Å². The highest BCUT2D eigenvalue weighted by Gasteiger charge is 2.43. The molecule has 1 aromatic heterocycles. The fourth-order valence-corrected chi connectivity index (χ4v) is 6.39. The van der Waals surface area contributed by atoms with Crippen LogP contribution in [0.25, 0.3) is 0 Å². The minimum atomic E-state index is -2.93. The largest absolute Gasteiger partial charge is 0.376 e. The number of nitrogens with zero attached hydrogens (tertiary/aromatic N) is 3. The summed E-state index contributed by atoms with van der Waals surface area (Å²) in [7, 11) is 0. The quantitative estimate of drug-likeness (QED) is 0.562. The van der Waals surface area contributed by atoms with Gasteiger partial charge in [0.05, 0.1) is 36.2 Å². The van der Waals surface area contributed by atoms with Crippen molar-refractivity contribution in [3.63, 3.8) is 0 Å². The predicted octanol–water partition coefficient (Wildman–Crippen LogP) is 3.64. The minimum Gasteiger partial charge on any atom is -0.376 e. The molecule has 8 nitrogen and oxygen atoms in total. The summed E-state index contributed by atoms with van der Waals surface area (Å²) in [5, 5.41) is 3.21. The molecule has 2 saturated heterocycles. The lowest BCUT2D eigenvalue weighted by molar-refractivity contribution is -0.153. The fourth-order valence-electron chi connectivity index (χ4n) is 5.47. The molecule has 3 N–H and O–H groups in total. The molecule has 0 radical (unpaired) electrons. The van der Waals surface area contributed by atoms with Gasteiger partial charge in [-0.1, -0.05) is 31.1 Å². The van der Waals surface area contributed by atoms with Gasteiger partial charge in [-0.3, -0.25) is 14.5 Å². The van der Waals surface area contributed by atoms with Crippen molar-refractivity contribution in [1.29, 1.82) is 0 Å². The second-order valence-electron chi connectivity index (χ2n) is 10.9. The van der Waals surface area contributed by atoms with Gasteiger partial charge in [-0.25, -0.2) is 13.8 Å². The Balaban J connectivity index is 1.50. The third-order valence-corrected chi connectivity index (χ3v) is 8.91. The zero-order valence-corrected chi connectivity index (χ0v) is 22.2. The first-order valence-corrected chi connectivity index (χ1v) is 13.9. The van der Waals surface area contributed by atoms with Crippen LogP contribution >= 0.6 is 11.3 Å². The topological polar surface area (TPSA) is 101 Å². The van der Waals surface area contributed by atoms with Crippen LogP contribution in [0.5, 0.6) is 0 Å². The Morgan fingerprint density at radius 3 is 2.75 bits per heavy atom. The molecule has 0 aromatic carbocycles. The zero-order chi connectivity index (χ0) is 26.0. The summed E-state index contributed by atoms with van der Waals surface area (Å²) in [6.07, 6.45) is 5.00. The summed E-state index contributed by atoms with van der Waals surface area (Å²) in [5.74, 6) is -2.68. The first kappa shape index (κ1) is 27.3. The molecule has 0 bridgehead atoms. The van der Waals surface area contributed by atoms with Crippen LogP contribution < -0.4 is 11.1 Å². The summed E-state index contributed by atoms with van der Waals surface area (Å²) >= 11 is 1.22. The lowest BCUT2D eigenvalue weighted by Gasteiger charge is -2.43. The maximum absolute atomic E-state index is 14.4. The second-order valence-corrected chi connectivity index (χ2v) is 12.0. The molecule has 2 aliphatic heterocycles. The number of hydrogen-bond donors (Lipinski definition) is 2. The van der Waals surface area contributed by atoms with Gasteiger partial charge in [0.2, 0.25) is 11.8 Å². The Hall–Kier alpha value is -1.69. The molecule has 3 aliphatic rings. The Morgan fingerprint density at radius 2 is 2.03 bits per heavy atom. The van der Waals surface area contributed by atoms with E-state index >= 15 is 0 Å². The number of morpholine rings is 1. The molecule has 2 amide bonds. The molecule has 3 fully saturated rings. The first-order valence-electron chi connectivity index (χ1n) is 13.1. The smallest absolute Gasteiger partial charge is 0.265 e. The molecule has 11 heteroatoms. The van der Waals surface area contributed by atoms with Gasteiger partial charge in [-0.05, 0) is 38.5 Å². The lowest BCUT2D eigenvalue weighted by atomic mass is 9.79. The summed E-state index contributed by atoms with van der Waals surface area (Å²) in [5.41, 5.74) is 6.28. The van der Waals surface area contributed by atoms with Crippen LogP contribution in [0.2, 0.25) is 0 Å². The predicted molar refractivity (Wildman–Crippen MR) is 135 cm³/mol. The van der Waals surface area contributed by atoms with E-state index in [1.807, 2.05) is 13.8 Å². The number of aromatic nitrogens is 1. The third-order valence-electron chi connectivity index (χ3n) is 7.90. The van der Waals surface area contributed by atoms with E-state index in [0.717, 1.165) is 25.7 Å². The van der Waals surface area contributed by atoms with Gasteiger partial charge < -0.3 is 20.7 Å². The second kappa shape index (κ2) is 11.4. The zero-order valence-electron chi connectivity index (χ0n) is 21.4. The van der Waals surface area contributed by atoms with E-state index in [0.29, 0.717) is 35.6 Å². The number of nitrogens with one attached hydrogen (secondary N) is 1. The Morgan fingerprint density at radius 1 is 1.31 bits per heavy atom. The fraction of sp³-hybridized carbons (Fsp3) is 0.800. The van der Waals surface area contributed by atoms with Crippen molar-refractivity contribution in [2.75, 3.05) is 31.6 Å². The molecule has 2 unspecified atom stereocenters. The monoisotopic (exact) mass is 527 g/mol. The number of likely N-dealkylation sites (tertiary alicyclic amines) is 1. The molecule has 4 rings (SSSR count). The summed E-state index contributed by atoms with van der Waals surface area (Å²) in [6.45, 7) is 7.19. The maximum Gasteiger partial charge on any atom is 0.265 e. The molecule has 36 heavy (non-hydrogen) atoms. The van der Waals surface area contributed by atoms with Crippen molar-refractivity contribution < 1.29 is 23.1 Å². The van der Waals surface area contributed by atoms with Crippen molar-refractivity contribution in [3.8, 4) is 0 Å². The molecule has 0 spiro atoms. The van der Waals surface area contributed by atoms with Gasteiger partial charge in [-0.2, -0.15) is 0 Å². The molecule has 1 aromatic rings. The number of nitrogens with two attached hydrogens (primary N) is 1. The standard InChI is InChI=1S/C25H39F2N5O3S/c1-15-4-6-18(7-5-15)22(28)23(34)30-24-29-10-20(36-24)19(12-31-11-17(3)35-13-16(31)2)32-14-25(26,27)9-8-21(32)33/h10,15-19,22H,4-9,11-14,28H2,1-3H3,(H,29,30,34)/t15?,16-,17+,18?,19?,22?/m0/s1. The van der Waals surface area contributed by atoms with Crippen LogP contribution in [0.3, 0.4) is 0 Å². The molecule has 4 atom stereocenters. The van der Waals surface area contributed by atoms with E-state index in [2.05, 4.69) is 22.1 Å². The van der Waals surface area contributed by atoms with Gasteiger partial charge in [0.25, 0.3) is 5.92 Å². The summed E-state index contributed by atoms with van der Waals surface area (Å²) in [6, 6.07) is -1.11. The molecule has 202 valence electrons. The van der Waals surface area contributed by atoms with Crippen LogP contribution in [0.15, 0.2) is 6.20 Å². The van der Waals surface area contributed by atoms with E-state index in [1.54, 1.807) is 6.20 Å². The van der Waals surface area contributed by atoms with Gasteiger partial charge in [-0.15, -0.1) is 0 Å². The number of thiazole rings is 1. The van der Waals surface area contributed by atoms with Crippen molar-refractivity contribution >= 4 is 28.3 Å². The maximum atomic E-state index is 14.4. The first-order chi connectivity index (χ1) is 17.0. The summed E-state index contributed by atoms with van der Waals surface area (Å²) < 4.78 is 34.5. The number of amides is 2. The number of ether oxygens (including phenoxy) is 1. The highest BCUT2D eigenvalue weighted by atomic mass is 32.1. The normalized spacial score (nSPS) is 31.2. The Labute approximate surface area is 215 Å². The SMILES string of the molecule is CC1CCC(C(N)C(=O)Nc2ncc(C(CN3C[C@@H](C)OC[C@@H]3C)N3CC(F)(F)CCC3=O)s2)CC1. The van der Waals surface area contributed by atoms with Gasteiger partial charge in [0.15, 0.2) is 5.13 Å². The number of piperidine rings is 1. The number of anilines is 1. The van der Waals surface area contributed by atoms with E-state index in [4.69, 9.17) is 10.5 Å². The van der Waals surface area contributed by atoms with Crippen LogP contribution in [-0.2, 0) is 14.3 Å². The summed E-state index contributed by atoms with van der Waals surface area (Å²) in [4.78, 5) is 34.2. The van der Waals surface area contributed by atoms with E-state index in [9.17, 15) is 18.4 Å². The minimum absolute atomic E-state index is 0.0147. The van der Waals surface area contributed by atoms with Crippen LogP contribution in [0, 0.1) is 11.8 Å². The highest BCUT2D eigenvalue weighted by Crippen LogP contribution is 2.37. The number of halogens is 2. The molecule has 1 saturated carbocycles. The average molecular weight is 528 g/mol. The lowest BCUT2D eigenvalue weighted by Crippen LogP contribution is -2.54. The number of carbonyl (C=O) groups is 2. The van der Waals surface area contributed by atoms with Crippen molar-refractivity contribution in [1.82, 2.24) is 14.8 Å². The van der Waals surface area contributed by atoms with E-state index < -0.39 is 31.0 Å². The third kappa shape index (κ3) is 6.59. The van der Waals surface area contributed by atoms with Crippen molar-refractivity contribution in [2.24, 2.45) is 17.6 Å². The average Bonchev–Trinajstić information content (AvgIpc) is 3.29. The Kier molecular flexibility index (Phi) is 8.63. The molecule has 1 aliphatic carbocycles. The van der Waals surface area contributed by atoms with Crippen LogP contribution in [-0.4, -0.2) is 76.9 Å². The number of alkyl halides is 2. The molecule has 3 heterocycles. The Bertz CT molecular complexity index is 923. The number of hydrogen-bond acceptors (Lipinski definition) is 7. The number of rotatable bonds is 7. The van der Waals surface area contributed by atoms with E-state index in [1.165, 1.54) is 16.2 Å². The van der Waals surface area contributed by atoms with Gasteiger partial charge in [0.1, 0.15) is 0 Å². The van der Waals surface area contributed by atoms with Crippen molar-refractivity contribution in [3.05, 3.63) is 11.1 Å². The molecular formula is C25H39F2N5O3S. The van der Waals surface area contributed by atoms with Crippen LogP contribution in [0.4, 0.5) is 13.9 Å². The number of carbonyl (C=O) groups excluding carboxylic acids is 2. The van der Waals surface area contributed by atoms with Gasteiger partial charge in [0, 0.05) is 38.2 Å². The van der Waals surface area contributed by atoms with E-state index in [-0.39, 0.29) is 36.3 Å². The highest BCUT2D eigenvalue weighted by molar-refractivity contribution is 7.15. The van der Waals surface area contributed by atoms with Crippen molar-refractivity contribution in [2.45, 2.75) is 89.4 Å². The van der Waals surface area contributed by atoms with Crippen LogP contribution in [0.1, 0.15) is 70.2 Å².